The van der Waals surface area contributed by atoms with E-state index in [0.717, 1.165) is 5.56 Å². The van der Waals surface area contributed by atoms with Crippen molar-refractivity contribution in [1.29, 1.82) is 0 Å². The maximum Gasteiger partial charge on any atom is 0.312 e. The van der Waals surface area contributed by atoms with Crippen molar-refractivity contribution in [1.82, 2.24) is 0 Å². The van der Waals surface area contributed by atoms with Crippen LogP contribution in [0.3, 0.4) is 0 Å². The summed E-state index contributed by atoms with van der Waals surface area (Å²) in [6.07, 6.45) is 0.215. The molecule has 0 heterocycles. The number of hydrogen-bond donors (Lipinski definition) is 2. The molecule has 0 aromatic heterocycles. The molecule has 0 atom stereocenters. The lowest BCUT2D eigenvalue weighted by Gasteiger charge is -2.05. The van der Waals surface area contributed by atoms with Crippen molar-refractivity contribution in [3.8, 4) is 0 Å². The van der Waals surface area contributed by atoms with Gasteiger partial charge in [-0.25, -0.2) is 0 Å². The molecule has 0 radical (unpaired) electrons. The summed E-state index contributed by atoms with van der Waals surface area (Å²) in [5.41, 5.74) is 12.3. The second kappa shape index (κ2) is 6.81. The van der Waals surface area contributed by atoms with Crippen molar-refractivity contribution in [2.75, 3.05) is 25.7 Å². The van der Waals surface area contributed by atoms with Gasteiger partial charge in [-0.2, -0.15) is 0 Å². The number of anilines is 1. The zero-order valence-electron chi connectivity index (χ0n) is 9.02. The highest BCUT2D eigenvalue weighted by Gasteiger charge is 2.04. The van der Waals surface area contributed by atoms with Crippen LogP contribution in [0, 0.1) is 0 Å². The quantitative estimate of drug-likeness (QED) is 0.314. The molecule has 1 aromatic carbocycles. The van der Waals surface area contributed by atoms with E-state index in [9.17, 15) is 4.79 Å². The fourth-order valence-corrected chi connectivity index (χ4v) is 1.10. The first-order chi connectivity index (χ1) is 7.72. The normalized spacial score (nSPS) is 10.1. The van der Waals surface area contributed by atoms with Gasteiger partial charge in [0.15, 0.2) is 6.79 Å². The second-order valence-corrected chi connectivity index (χ2v) is 3.25. The Morgan fingerprint density at radius 3 is 2.56 bits per heavy atom. The van der Waals surface area contributed by atoms with Crippen LogP contribution in [0.5, 0.6) is 0 Å². The Hall–Kier alpha value is -1.59. The molecule has 0 spiro atoms. The molecular weight excluding hydrogens is 208 g/mol. The van der Waals surface area contributed by atoms with Crippen molar-refractivity contribution in [2.24, 2.45) is 5.73 Å². The highest BCUT2D eigenvalue weighted by Crippen LogP contribution is 2.06. The van der Waals surface area contributed by atoms with Crippen LogP contribution in [0.15, 0.2) is 24.3 Å². The van der Waals surface area contributed by atoms with Gasteiger partial charge in [-0.3, -0.25) is 4.79 Å². The number of ether oxygens (including phenoxy) is 2. The van der Waals surface area contributed by atoms with Crippen molar-refractivity contribution < 1.29 is 14.3 Å². The number of nitrogen functional groups attached to an aromatic ring is 1. The Labute approximate surface area is 94.3 Å². The summed E-state index contributed by atoms with van der Waals surface area (Å²) in [7, 11) is 0. The number of carbonyl (C=O) groups excluding carboxylic acids is 1. The monoisotopic (exact) mass is 224 g/mol. The molecule has 1 rings (SSSR count). The Bertz CT molecular complexity index is 325. The third-order valence-electron chi connectivity index (χ3n) is 1.89. The van der Waals surface area contributed by atoms with Crippen LogP contribution in [-0.2, 0) is 20.7 Å². The van der Waals surface area contributed by atoms with Gasteiger partial charge in [0, 0.05) is 12.2 Å². The lowest BCUT2D eigenvalue weighted by atomic mass is 10.1. The van der Waals surface area contributed by atoms with Gasteiger partial charge in [-0.15, -0.1) is 0 Å². The summed E-state index contributed by atoms with van der Waals surface area (Å²) in [6, 6.07) is 7.07. The molecule has 0 saturated carbocycles. The lowest BCUT2D eigenvalue weighted by Crippen LogP contribution is -2.14. The fourth-order valence-electron chi connectivity index (χ4n) is 1.10. The Morgan fingerprint density at radius 1 is 1.25 bits per heavy atom. The average molecular weight is 224 g/mol. The molecule has 0 aliphatic heterocycles. The zero-order valence-corrected chi connectivity index (χ0v) is 9.02. The molecule has 0 aliphatic carbocycles. The van der Waals surface area contributed by atoms with Crippen molar-refractivity contribution in [3.05, 3.63) is 29.8 Å². The Balaban J connectivity index is 2.26. The summed E-state index contributed by atoms with van der Waals surface area (Å²) in [5, 5.41) is 0. The minimum Gasteiger partial charge on any atom is -0.438 e. The number of rotatable bonds is 6. The lowest BCUT2D eigenvalue weighted by molar-refractivity contribution is -0.155. The Kier molecular flexibility index (Phi) is 5.31. The zero-order chi connectivity index (χ0) is 11.8. The molecule has 0 unspecified atom stereocenters. The van der Waals surface area contributed by atoms with Crippen LogP contribution < -0.4 is 11.5 Å². The van der Waals surface area contributed by atoms with E-state index in [4.69, 9.17) is 20.9 Å². The van der Waals surface area contributed by atoms with Gasteiger partial charge in [0.2, 0.25) is 0 Å². The molecule has 16 heavy (non-hydrogen) atoms. The van der Waals surface area contributed by atoms with Crippen LogP contribution in [0.25, 0.3) is 0 Å². The summed E-state index contributed by atoms with van der Waals surface area (Å²) >= 11 is 0. The number of carbonyl (C=O) groups is 1. The van der Waals surface area contributed by atoms with Gasteiger partial charge in [0.1, 0.15) is 0 Å². The van der Waals surface area contributed by atoms with Gasteiger partial charge in [0.05, 0.1) is 13.0 Å². The van der Waals surface area contributed by atoms with E-state index in [1.165, 1.54) is 0 Å². The highest BCUT2D eigenvalue weighted by atomic mass is 16.7. The molecule has 1 aromatic rings. The molecule has 4 N–H and O–H groups in total. The minimum atomic E-state index is -0.332. The van der Waals surface area contributed by atoms with Gasteiger partial charge in [-0.05, 0) is 17.7 Å². The SMILES string of the molecule is NCCOCOC(=O)Cc1ccc(N)cc1. The molecule has 0 fully saturated rings. The van der Waals surface area contributed by atoms with E-state index in [1.807, 2.05) is 0 Å². The maximum atomic E-state index is 11.3. The molecule has 5 nitrogen and oxygen atoms in total. The molecule has 0 bridgehead atoms. The smallest absolute Gasteiger partial charge is 0.312 e. The first-order valence-corrected chi connectivity index (χ1v) is 5.00. The average Bonchev–Trinajstić information content (AvgIpc) is 2.28. The molecule has 0 aliphatic rings. The number of hydrogen-bond acceptors (Lipinski definition) is 5. The van der Waals surface area contributed by atoms with E-state index in [0.29, 0.717) is 18.8 Å². The molecular formula is C11H16N2O3. The number of esters is 1. The third kappa shape index (κ3) is 4.77. The van der Waals surface area contributed by atoms with Gasteiger partial charge in [-0.1, -0.05) is 12.1 Å². The van der Waals surface area contributed by atoms with Crippen LogP contribution in [0.1, 0.15) is 5.56 Å². The van der Waals surface area contributed by atoms with Gasteiger partial charge in [0.25, 0.3) is 0 Å². The first-order valence-electron chi connectivity index (χ1n) is 5.00. The predicted molar refractivity (Wildman–Crippen MR) is 60.5 cm³/mol. The van der Waals surface area contributed by atoms with E-state index in [1.54, 1.807) is 24.3 Å². The van der Waals surface area contributed by atoms with E-state index >= 15 is 0 Å². The van der Waals surface area contributed by atoms with Crippen molar-refractivity contribution >= 4 is 11.7 Å². The number of nitrogens with two attached hydrogens (primary N) is 2. The minimum absolute atomic E-state index is 0.0506. The van der Waals surface area contributed by atoms with Crippen molar-refractivity contribution in [3.63, 3.8) is 0 Å². The fraction of sp³-hybridized carbons (Fsp3) is 0.364. The maximum absolute atomic E-state index is 11.3. The molecule has 0 saturated heterocycles. The van der Waals surface area contributed by atoms with Gasteiger partial charge >= 0.3 is 5.97 Å². The van der Waals surface area contributed by atoms with Crippen LogP contribution >= 0.6 is 0 Å². The summed E-state index contributed by atoms with van der Waals surface area (Å²) in [6.45, 7) is 0.746. The van der Waals surface area contributed by atoms with Gasteiger partial charge < -0.3 is 20.9 Å². The van der Waals surface area contributed by atoms with Crippen LogP contribution in [0.2, 0.25) is 0 Å². The summed E-state index contributed by atoms with van der Waals surface area (Å²) in [5.74, 6) is -0.332. The van der Waals surface area contributed by atoms with Crippen molar-refractivity contribution in [2.45, 2.75) is 6.42 Å². The third-order valence-corrected chi connectivity index (χ3v) is 1.89. The standard InChI is InChI=1S/C11H16N2O3/c12-5-6-15-8-16-11(14)7-9-1-3-10(13)4-2-9/h1-4H,5-8,12-13H2. The van der Waals surface area contributed by atoms with Crippen LogP contribution in [0.4, 0.5) is 5.69 Å². The second-order valence-electron chi connectivity index (χ2n) is 3.25. The summed E-state index contributed by atoms with van der Waals surface area (Å²) < 4.78 is 9.75. The first kappa shape index (κ1) is 12.5. The predicted octanol–water partition coefficient (Wildman–Crippen LogP) is 0.287. The summed E-state index contributed by atoms with van der Waals surface area (Å²) in [4.78, 5) is 11.3. The molecule has 5 heteroatoms. The molecule has 0 amide bonds. The topological polar surface area (TPSA) is 87.6 Å². The molecule has 88 valence electrons. The Morgan fingerprint density at radius 2 is 1.94 bits per heavy atom. The largest absolute Gasteiger partial charge is 0.438 e. The van der Waals surface area contributed by atoms with E-state index < -0.39 is 0 Å². The van der Waals surface area contributed by atoms with Crippen LogP contribution in [-0.4, -0.2) is 25.9 Å². The number of benzene rings is 1. The van der Waals surface area contributed by atoms with E-state index in [2.05, 4.69) is 0 Å². The highest BCUT2D eigenvalue weighted by molar-refractivity contribution is 5.72. The van der Waals surface area contributed by atoms with E-state index in [-0.39, 0.29) is 19.2 Å².